The number of phenolic OH excluding ortho intramolecular Hbond substituents is 1. The lowest BCUT2D eigenvalue weighted by Crippen LogP contribution is -1.99. The van der Waals surface area contributed by atoms with Gasteiger partial charge in [-0.25, -0.2) is 0 Å². The van der Waals surface area contributed by atoms with Gasteiger partial charge >= 0.3 is 0 Å². The summed E-state index contributed by atoms with van der Waals surface area (Å²) in [5, 5.41) is 13.8. The number of ether oxygens (including phenoxy) is 1. The number of hydrogen-bond donors (Lipinski definition) is 1. The lowest BCUT2D eigenvalue weighted by molar-refractivity contribution is 0.192. The molecule has 2 aromatic rings. The number of hydrogen-bond acceptors (Lipinski definition) is 5. The third-order valence-corrected chi connectivity index (χ3v) is 3.12. The summed E-state index contributed by atoms with van der Waals surface area (Å²) in [6.45, 7) is 3.29. The maximum atomic E-state index is 9.87. The van der Waals surface area contributed by atoms with Crippen molar-refractivity contribution in [3.63, 3.8) is 0 Å². The summed E-state index contributed by atoms with van der Waals surface area (Å²) >= 11 is 0. The van der Waals surface area contributed by atoms with E-state index >= 15 is 0 Å². The predicted molar refractivity (Wildman–Crippen MR) is 64.3 cm³/mol. The molecule has 1 aromatic carbocycles. The Morgan fingerprint density at radius 3 is 3.00 bits per heavy atom. The van der Waals surface area contributed by atoms with E-state index < -0.39 is 0 Å². The van der Waals surface area contributed by atoms with Crippen LogP contribution in [0.4, 0.5) is 0 Å². The zero-order valence-electron chi connectivity index (χ0n) is 10.1. The molecule has 18 heavy (non-hydrogen) atoms. The highest BCUT2D eigenvalue weighted by Crippen LogP contribution is 2.30. The monoisotopic (exact) mass is 246 g/mol. The molecule has 0 spiro atoms. The smallest absolute Gasteiger partial charge is 0.261 e. The highest BCUT2D eigenvalue weighted by molar-refractivity contribution is 5.62. The molecule has 1 unspecified atom stereocenters. The van der Waals surface area contributed by atoms with Gasteiger partial charge in [-0.2, -0.15) is 4.98 Å². The minimum Gasteiger partial charge on any atom is -0.507 e. The Hall–Kier alpha value is -1.88. The van der Waals surface area contributed by atoms with Gasteiger partial charge in [0.2, 0.25) is 0 Å². The van der Waals surface area contributed by atoms with E-state index in [4.69, 9.17) is 9.26 Å². The van der Waals surface area contributed by atoms with Crippen LogP contribution in [0.3, 0.4) is 0 Å². The van der Waals surface area contributed by atoms with Gasteiger partial charge in [0, 0.05) is 12.5 Å². The summed E-state index contributed by atoms with van der Waals surface area (Å²) < 4.78 is 10.5. The average Bonchev–Trinajstić information content (AvgIpc) is 2.99. The van der Waals surface area contributed by atoms with E-state index in [0.29, 0.717) is 23.9 Å². The maximum absolute atomic E-state index is 9.87. The number of aromatic nitrogens is 2. The molecule has 1 saturated heterocycles. The number of aryl methyl sites for hydroxylation is 1. The Morgan fingerprint density at radius 2 is 2.28 bits per heavy atom. The van der Waals surface area contributed by atoms with Gasteiger partial charge < -0.3 is 14.4 Å². The zero-order valence-corrected chi connectivity index (χ0v) is 10.1. The van der Waals surface area contributed by atoms with Gasteiger partial charge in [0.15, 0.2) is 5.82 Å². The molecule has 94 valence electrons. The molecule has 1 fully saturated rings. The second-order valence-electron chi connectivity index (χ2n) is 4.54. The van der Waals surface area contributed by atoms with Crippen LogP contribution in [0.5, 0.6) is 5.75 Å². The fraction of sp³-hybridized carbons (Fsp3) is 0.385. The summed E-state index contributed by atoms with van der Waals surface area (Å²) in [7, 11) is 0. The number of nitrogens with zero attached hydrogens (tertiary/aromatic N) is 2. The molecule has 1 aromatic heterocycles. The van der Waals surface area contributed by atoms with E-state index in [1.807, 2.05) is 13.0 Å². The highest BCUT2D eigenvalue weighted by Gasteiger charge is 2.24. The van der Waals surface area contributed by atoms with Crippen molar-refractivity contribution < 1.29 is 14.4 Å². The van der Waals surface area contributed by atoms with Gasteiger partial charge in [0.1, 0.15) is 5.75 Å². The third kappa shape index (κ3) is 1.97. The normalized spacial score (nSPS) is 19.3. The van der Waals surface area contributed by atoms with Gasteiger partial charge in [-0.05, 0) is 31.0 Å². The van der Waals surface area contributed by atoms with Crippen molar-refractivity contribution in [2.45, 2.75) is 19.3 Å². The van der Waals surface area contributed by atoms with Gasteiger partial charge in [0.25, 0.3) is 5.89 Å². The van der Waals surface area contributed by atoms with E-state index in [1.165, 1.54) is 0 Å². The fourth-order valence-electron chi connectivity index (χ4n) is 2.07. The summed E-state index contributed by atoms with van der Waals surface area (Å²) in [5.41, 5.74) is 1.55. The topological polar surface area (TPSA) is 68.4 Å². The van der Waals surface area contributed by atoms with Crippen LogP contribution in [0, 0.1) is 6.92 Å². The largest absolute Gasteiger partial charge is 0.507 e. The Balaban J connectivity index is 1.92. The van der Waals surface area contributed by atoms with Crippen LogP contribution in [0.2, 0.25) is 0 Å². The first-order valence-corrected chi connectivity index (χ1v) is 5.95. The SMILES string of the molecule is Cc1ccc(-c2nc(C3CCOC3)no2)c(O)c1. The molecule has 0 saturated carbocycles. The zero-order chi connectivity index (χ0) is 12.5. The van der Waals surface area contributed by atoms with Gasteiger partial charge in [0.05, 0.1) is 12.2 Å². The number of rotatable bonds is 2. The minimum absolute atomic E-state index is 0.160. The lowest BCUT2D eigenvalue weighted by Gasteiger charge is -2.00. The first-order chi connectivity index (χ1) is 8.74. The molecule has 1 aliphatic heterocycles. The number of aromatic hydroxyl groups is 1. The molecule has 3 rings (SSSR count). The average molecular weight is 246 g/mol. The summed E-state index contributed by atoms with van der Waals surface area (Å²) in [5.74, 6) is 1.37. The van der Waals surface area contributed by atoms with E-state index in [-0.39, 0.29) is 11.7 Å². The third-order valence-electron chi connectivity index (χ3n) is 3.12. The second-order valence-corrected chi connectivity index (χ2v) is 4.54. The van der Waals surface area contributed by atoms with Crippen LogP contribution < -0.4 is 0 Å². The minimum atomic E-state index is 0.160. The lowest BCUT2D eigenvalue weighted by atomic mass is 10.1. The quantitative estimate of drug-likeness (QED) is 0.880. The molecule has 0 bridgehead atoms. The molecule has 0 amide bonds. The Morgan fingerprint density at radius 1 is 1.39 bits per heavy atom. The van der Waals surface area contributed by atoms with Gasteiger partial charge in [-0.15, -0.1) is 0 Å². The van der Waals surface area contributed by atoms with Crippen molar-refractivity contribution in [3.8, 4) is 17.2 Å². The van der Waals surface area contributed by atoms with Crippen molar-refractivity contribution in [2.75, 3.05) is 13.2 Å². The highest BCUT2D eigenvalue weighted by atomic mass is 16.5. The van der Waals surface area contributed by atoms with Crippen LogP contribution in [0.25, 0.3) is 11.5 Å². The van der Waals surface area contributed by atoms with E-state index in [0.717, 1.165) is 18.6 Å². The second kappa shape index (κ2) is 4.42. The number of benzene rings is 1. The molecule has 5 nitrogen and oxygen atoms in total. The van der Waals surface area contributed by atoms with Crippen molar-refractivity contribution in [1.29, 1.82) is 0 Å². The molecular weight excluding hydrogens is 232 g/mol. The van der Waals surface area contributed by atoms with E-state index in [1.54, 1.807) is 12.1 Å². The standard InChI is InChI=1S/C13H14N2O3/c1-8-2-3-10(11(16)6-8)13-14-12(15-18-13)9-4-5-17-7-9/h2-3,6,9,16H,4-5,7H2,1H3. The molecule has 1 atom stereocenters. The molecule has 5 heteroatoms. The molecule has 2 heterocycles. The summed E-state index contributed by atoms with van der Waals surface area (Å²) in [6, 6.07) is 5.36. The maximum Gasteiger partial charge on any atom is 0.261 e. The van der Waals surface area contributed by atoms with E-state index in [9.17, 15) is 5.11 Å². The van der Waals surface area contributed by atoms with E-state index in [2.05, 4.69) is 10.1 Å². The van der Waals surface area contributed by atoms with Crippen LogP contribution in [-0.4, -0.2) is 28.5 Å². The van der Waals surface area contributed by atoms with Gasteiger partial charge in [-0.1, -0.05) is 11.2 Å². The Labute approximate surface area is 104 Å². The van der Waals surface area contributed by atoms with Crippen molar-refractivity contribution in [2.24, 2.45) is 0 Å². The number of phenols is 1. The summed E-state index contributed by atoms with van der Waals surface area (Å²) in [6.07, 6.45) is 0.916. The van der Waals surface area contributed by atoms with Crippen LogP contribution in [0.1, 0.15) is 23.7 Å². The molecule has 1 N–H and O–H groups in total. The first kappa shape index (κ1) is 11.2. The molecule has 0 radical (unpaired) electrons. The van der Waals surface area contributed by atoms with Crippen molar-refractivity contribution in [3.05, 3.63) is 29.6 Å². The fourth-order valence-corrected chi connectivity index (χ4v) is 2.07. The van der Waals surface area contributed by atoms with Crippen LogP contribution in [0.15, 0.2) is 22.7 Å². The Kier molecular flexibility index (Phi) is 2.76. The molecular formula is C13H14N2O3. The predicted octanol–water partition coefficient (Wildman–Crippen LogP) is 2.25. The summed E-state index contributed by atoms with van der Waals surface area (Å²) in [4.78, 5) is 4.34. The van der Waals surface area contributed by atoms with Crippen LogP contribution >= 0.6 is 0 Å². The van der Waals surface area contributed by atoms with Crippen LogP contribution in [-0.2, 0) is 4.74 Å². The van der Waals surface area contributed by atoms with Crippen molar-refractivity contribution in [1.82, 2.24) is 10.1 Å². The molecule has 0 aliphatic carbocycles. The van der Waals surface area contributed by atoms with Crippen molar-refractivity contribution >= 4 is 0 Å². The first-order valence-electron chi connectivity index (χ1n) is 5.95. The molecule has 1 aliphatic rings. The Bertz CT molecular complexity index is 559. The van der Waals surface area contributed by atoms with Gasteiger partial charge in [-0.3, -0.25) is 0 Å².